The summed E-state index contributed by atoms with van der Waals surface area (Å²) in [5.74, 6) is -1.31. The molecule has 6 heteroatoms. The van der Waals surface area contributed by atoms with Crippen LogP contribution in [0.3, 0.4) is 0 Å². The Hall–Kier alpha value is -1.65. The van der Waals surface area contributed by atoms with Gasteiger partial charge in [0.1, 0.15) is 11.0 Å². The lowest BCUT2D eigenvalue weighted by Crippen LogP contribution is -2.14. The third-order valence-corrected chi connectivity index (χ3v) is 3.17. The van der Waals surface area contributed by atoms with Crippen LogP contribution in [-0.2, 0) is 0 Å². The van der Waals surface area contributed by atoms with E-state index < -0.39 is 11.7 Å². The van der Waals surface area contributed by atoms with Crippen LogP contribution in [0.5, 0.6) is 0 Å². The van der Waals surface area contributed by atoms with E-state index in [-0.39, 0.29) is 10.6 Å². The quantitative estimate of drug-likeness (QED) is 0.849. The second-order valence-corrected chi connectivity index (χ2v) is 4.65. The van der Waals surface area contributed by atoms with Crippen molar-refractivity contribution in [1.82, 2.24) is 4.98 Å². The van der Waals surface area contributed by atoms with E-state index in [2.05, 4.69) is 10.3 Å². The highest BCUT2D eigenvalue weighted by atomic mass is 35.5. The maximum Gasteiger partial charge on any atom is 0.260 e. The van der Waals surface area contributed by atoms with Gasteiger partial charge < -0.3 is 5.32 Å². The van der Waals surface area contributed by atoms with Gasteiger partial charge in [-0.05, 0) is 30.7 Å². The number of carbonyl (C=O) groups excluding carboxylic acids is 1. The highest BCUT2D eigenvalue weighted by Gasteiger charge is 2.16. The first-order valence-electron chi connectivity index (χ1n) is 5.36. The summed E-state index contributed by atoms with van der Waals surface area (Å²) in [5, 5.41) is 2.92. The lowest BCUT2D eigenvalue weighted by atomic mass is 10.2. The molecule has 0 saturated carbocycles. The maximum absolute atomic E-state index is 13.6. The third kappa shape index (κ3) is 3.03. The van der Waals surface area contributed by atoms with Gasteiger partial charge in [-0.1, -0.05) is 29.3 Å². The number of carbonyl (C=O) groups is 1. The van der Waals surface area contributed by atoms with E-state index >= 15 is 0 Å². The fourth-order valence-corrected chi connectivity index (χ4v) is 1.89. The molecular formula is C13H9Cl2FN2O. The molecule has 2 rings (SSSR count). The van der Waals surface area contributed by atoms with Crippen molar-refractivity contribution in [3.63, 3.8) is 0 Å². The molecule has 1 heterocycles. The van der Waals surface area contributed by atoms with Crippen LogP contribution in [0.1, 0.15) is 15.9 Å². The molecule has 0 radical (unpaired) electrons. The van der Waals surface area contributed by atoms with E-state index in [4.69, 9.17) is 23.2 Å². The minimum absolute atomic E-state index is 0.0520. The van der Waals surface area contributed by atoms with Crippen LogP contribution in [0.2, 0.25) is 10.2 Å². The number of halogens is 3. The number of pyridine rings is 1. The lowest BCUT2D eigenvalue weighted by molar-refractivity contribution is 0.102. The Balaban J connectivity index is 2.28. The minimum Gasteiger partial charge on any atom is -0.320 e. The van der Waals surface area contributed by atoms with Crippen molar-refractivity contribution >= 4 is 34.8 Å². The predicted molar refractivity (Wildman–Crippen MR) is 73.3 cm³/mol. The molecule has 1 aromatic carbocycles. The van der Waals surface area contributed by atoms with Gasteiger partial charge in [-0.2, -0.15) is 0 Å². The molecule has 0 fully saturated rings. The third-order valence-electron chi connectivity index (χ3n) is 2.46. The van der Waals surface area contributed by atoms with E-state index in [1.807, 2.05) is 0 Å². The van der Waals surface area contributed by atoms with Crippen LogP contribution in [0.15, 0.2) is 30.5 Å². The van der Waals surface area contributed by atoms with Crippen molar-refractivity contribution in [1.29, 1.82) is 0 Å². The topological polar surface area (TPSA) is 42.0 Å². The molecule has 19 heavy (non-hydrogen) atoms. The Morgan fingerprint density at radius 2 is 2.11 bits per heavy atom. The average Bonchev–Trinajstić information content (AvgIpc) is 2.33. The zero-order valence-corrected chi connectivity index (χ0v) is 11.4. The van der Waals surface area contributed by atoms with Crippen molar-refractivity contribution in [3.05, 3.63) is 57.6 Å². The van der Waals surface area contributed by atoms with Crippen molar-refractivity contribution in [3.8, 4) is 0 Å². The van der Waals surface area contributed by atoms with Gasteiger partial charge >= 0.3 is 0 Å². The van der Waals surface area contributed by atoms with Crippen LogP contribution in [0.25, 0.3) is 0 Å². The number of aryl methyl sites for hydroxylation is 1. The Labute approximate surface area is 119 Å². The number of hydrogen-bond acceptors (Lipinski definition) is 2. The monoisotopic (exact) mass is 298 g/mol. The summed E-state index contributed by atoms with van der Waals surface area (Å²) in [6, 6.07) is 5.70. The first kappa shape index (κ1) is 13.8. The second kappa shape index (κ2) is 5.55. The molecule has 1 amide bonds. The lowest BCUT2D eigenvalue weighted by Gasteiger charge is -2.08. The molecule has 0 spiro atoms. The Kier molecular flexibility index (Phi) is 4.02. The summed E-state index contributed by atoms with van der Waals surface area (Å²) in [4.78, 5) is 15.8. The van der Waals surface area contributed by atoms with Gasteiger partial charge in [0.2, 0.25) is 0 Å². The zero-order chi connectivity index (χ0) is 14.0. The van der Waals surface area contributed by atoms with Crippen LogP contribution in [0.4, 0.5) is 10.1 Å². The largest absolute Gasteiger partial charge is 0.320 e. The molecule has 0 saturated heterocycles. The van der Waals surface area contributed by atoms with Crippen LogP contribution >= 0.6 is 23.2 Å². The Bertz CT molecular complexity index is 626. The minimum atomic E-state index is -0.677. The van der Waals surface area contributed by atoms with Gasteiger partial charge in [-0.15, -0.1) is 0 Å². The normalized spacial score (nSPS) is 10.3. The SMILES string of the molecule is Cc1cc(NC(=O)c2c(F)cccc2Cl)cnc1Cl. The molecule has 0 aliphatic rings. The van der Waals surface area contributed by atoms with Crippen molar-refractivity contribution in [2.45, 2.75) is 6.92 Å². The summed E-state index contributed by atoms with van der Waals surface area (Å²) >= 11 is 11.6. The molecule has 2 aromatic rings. The van der Waals surface area contributed by atoms with Gasteiger partial charge in [0.05, 0.1) is 22.5 Å². The molecule has 0 bridgehead atoms. The smallest absolute Gasteiger partial charge is 0.260 e. The molecule has 0 aliphatic carbocycles. The van der Waals surface area contributed by atoms with Crippen LogP contribution in [0, 0.1) is 12.7 Å². The van der Waals surface area contributed by atoms with Gasteiger partial charge in [0.25, 0.3) is 5.91 Å². The number of nitrogens with one attached hydrogen (secondary N) is 1. The average molecular weight is 299 g/mol. The number of benzene rings is 1. The first-order chi connectivity index (χ1) is 8.99. The predicted octanol–water partition coefficient (Wildman–Crippen LogP) is 4.09. The number of rotatable bonds is 2. The van der Waals surface area contributed by atoms with Crippen molar-refractivity contribution in [2.75, 3.05) is 5.32 Å². The van der Waals surface area contributed by atoms with E-state index in [0.29, 0.717) is 16.4 Å². The number of anilines is 1. The first-order valence-corrected chi connectivity index (χ1v) is 6.12. The van der Waals surface area contributed by atoms with Gasteiger partial charge in [-0.3, -0.25) is 4.79 Å². The summed E-state index contributed by atoms with van der Waals surface area (Å²) < 4.78 is 13.6. The molecule has 1 aromatic heterocycles. The van der Waals surface area contributed by atoms with Gasteiger partial charge in [0, 0.05) is 0 Å². The highest BCUT2D eigenvalue weighted by Crippen LogP contribution is 2.21. The summed E-state index contributed by atoms with van der Waals surface area (Å²) in [5.41, 5.74) is 0.932. The highest BCUT2D eigenvalue weighted by molar-refractivity contribution is 6.34. The molecule has 3 nitrogen and oxygen atoms in total. The molecule has 0 aliphatic heterocycles. The van der Waals surface area contributed by atoms with Crippen LogP contribution < -0.4 is 5.32 Å². The van der Waals surface area contributed by atoms with Crippen molar-refractivity contribution in [2.24, 2.45) is 0 Å². The molecule has 0 atom stereocenters. The number of aromatic nitrogens is 1. The fourth-order valence-electron chi connectivity index (χ4n) is 1.53. The van der Waals surface area contributed by atoms with Crippen molar-refractivity contribution < 1.29 is 9.18 Å². The zero-order valence-electron chi connectivity index (χ0n) is 9.88. The Morgan fingerprint density at radius 1 is 1.37 bits per heavy atom. The molecule has 1 N–H and O–H groups in total. The number of hydrogen-bond donors (Lipinski definition) is 1. The Morgan fingerprint density at radius 3 is 2.74 bits per heavy atom. The summed E-state index contributed by atoms with van der Waals surface area (Å²) in [7, 11) is 0. The molecular weight excluding hydrogens is 290 g/mol. The second-order valence-electron chi connectivity index (χ2n) is 3.88. The van der Waals surface area contributed by atoms with E-state index in [1.165, 1.54) is 24.4 Å². The van der Waals surface area contributed by atoms with E-state index in [1.54, 1.807) is 13.0 Å². The van der Waals surface area contributed by atoms with Gasteiger partial charge in [-0.25, -0.2) is 9.37 Å². The maximum atomic E-state index is 13.6. The van der Waals surface area contributed by atoms with Gasteiger partial charge in [0.15, 0.2) is 0 Å². The fraction of sp³-hybridized carbons (Fsp3) is 0.0769. The van der Waals surface area contributed by atoms with Crippen LogP contribution in [-0.4, -0.2) is 10.9 Å². The molecule has 0 unspecified atom stereocenters. The van der Waals surface area contributed by atoms with E-state index in [9.17, 15) is 9.18 Å². The standard InChI is InChI=1S/C13H9Cl2FN2O/c1-7-5-8(6-17-12(7)15)18-13(19)11-9(14)3-2-4-10(11)16/h2-6H,1H3,(H,18,19). The number of nitrogens with zero attached hydrogens (tertiary/aromatic N) is 1. The summed E-state index contributed by atoms with van der Waals surface area (Å²) in [6.45, 7) is 1.75. The van der Waals surface area contributed by atoms with E-state index in [0.717, 1.165) is 0 Å². The molecule has 98 valence electrons. The summed E-state index contributed by atoms with van der Waals surface area (Å²) in [6.07, 6.45) is 1.39. The number of amides is 1.